The molecule has 0 spiro atoms. The first-order chi connectivity index (χ1) is 12.1. The van der Waals surface area contributed by atoms with Gasteiger partial charge in [-0.3, -0.25) is 20.9 Å². The van der Waals surface area contributed by atoms with Gasteiger partial charge in [0.2, 0.25) is 0 Å². The summed E-state index contributed by atoms with van der Waals surface area (Å²) >= 11 is 15.9. The van der Waals surface area contributed by atoms with E-state index in [4.69, 9.17) is 40.6 Å². The molecule has 0 atom stereocenters. The van der Waals surface area contributed by atoms with Crippen molar-refractivity contribution in [2.24, 2.45) is 5.84 Å². The van der Waals surface area contributed by atoms with Crippen LogP contribution in [0.2, 0.25) is 0 Å². The molecule has 0 heterocycles. The van der Waals surface area contributed by atoms with E-state index in [9.17, 15) is 9.59 Å². The average molecular weight is 454 g/mol. The van der Waals surface area contributed by atoms with Gasteiger partial charge in [0.05, 0.1) is 0 Å². The predicted molar refractivity (Wildman–Crippen MR) is 117 cm³/mol. The minimum Gasteiger partial charge on any atom is -0.276 e. The van der Waals surface area contributed by atoms with E-state index in [1.54, 1.807) is 48.5 Å². The van der Waals surface area contributed by atoms with Crippen LogP contribution in [0, 0.1) is 0 Å². The highest BCUT2D eigenvalue weighted by Crippen LogP contribution is 2.08. The van der Waals surface area contributed by atoms with Crippen molar-refractivity contribution in [3.8, 4) is 0 Å². The van der Waals surface area contributed by atoms with E-state index in [1.807, 2.05) is 26.8 Å². The molecule has 0 aliphatic heterocycles. The number of carbonyl (C=O) groups is 2. The predicted octanol–water partition coefficient (Wildman–Crippen LogP) is 5.54. The van der Waals surface area contributed by atoms with Crippen molar-refractivity contribution >= 4 is 57.7 Å². The lowest BCUT2D eigenvalue weighted by Gasteiger charge is -2.14. The first-order valence-corrected chi connectivity index (χ1v) is 8.97. The van der Waals surface area contributed by atoms with Crippen LogP contribution in [0.5, 0.6) is 0 Å². The standard InChI is InChI=1S/C8H6Cl2O.C7H5ClO.C4H12N2.ClH/c9-5-6-1-3-7(4-2-6)8(10)11;8-7(9)6-4-2-1-3-5-6;1-4(2,3)6-5;/h1-4H,5H2;1-5H;6H,5H2,1-3H3;1H. The summed E-state index contributed by atoms with van der Waals surface area (Å²) in [4.78, 5) is 21.0. The summed E-state index contributed by atoms with van der Waals surface area (Å²) in [6.45, 7) is 6.02. The highest BCUT2D eigenvalue weighted by Gasteiger charge is 2.02. The van der Waals surface area contributed by atoms with Gasteiger partial charge >= 0.3 is 0 Å². The molecule has 4 nitrogen and oxygen atoms in total. The molecule has 0 aliphatic rings. The zero-order chi connectivity index (χ0) is 20.2. The summed E-state index contributed by atoms with van der Waals surface area (Å²) < 4.78 is 0. The van der Waals surface area contributed by atoms with Crippen molar-refractivity contribution in [2.75, 3.05) is 0 Å². The maximum Gasteiger partial charge on any atom is 0.252 e. The second-order valence-electron chi connectivity index (χ2n) is 6.14. The quantitative estimate of drug-likeness (QED) is 0.277. The second kappa shape index (κ2) is 14.9. The van der Waals surface area contributed by atoms with E-state index in [-0.39, 0.29) is 17.9 Å². The van der Waals surface area contributed by atoms with E-state index >= 15 is 0 Å². The van der Waals surface area contributed by atoms with Gasteiger partial charge in [-0.25, -0.2) is 0 Å². The number of alkyl halides is 1. The van der Waals surface area contributed by atoms with Crippen LogP contribution >= 0.6 is 47.2 Å². The third-order valence-corrected chi connectivity index (χ3v) is 3.51. The van der Waals surface area contributed by atoms with E-state index in [1.165, 1.54) is 0 Å². The third-order valence-electron chi connectivity index (χ3n) is 2.77. The van der Waals surface area contributed by atoms with E-state index in [2.05, 4.69) is 5.43 Å². The Morgan fingerprint density at radius 2 is 1.26 bits per heavy atom. The largest absolute Gasteiger partial charge is 0.276 e. The lowest BCUT2D eigenvalue weighted by Crippen LogP contribution is -2.41. The zero-order valence-corrected chi connectivity index (χ0v) is 18.4. The van der Waals surface area contributed by atoms with Gasteiger partial charge < -0.3 is 0 Å². The summed E-state index contributed by atoms with van der Waals surface area (Å²) in [7, 11) is 0. The van der Waals surface area contributed by atoms with Gasteiger partial charge in [-0.05, 0) is 61.7 Å². The van der Waals surface area contributed by atoms with Crippen molar-refractivity contribution in [3.63, 3.8) is 0 Å². The van der Waals surface area contributed by atoms with Gasteiger partial charge in [0.1, 0.15) is 0 Å². The Bertz CT molecular complexity index is 672. The van der Waals surface area contributed by atoms with Crippen LogP contribution in [0.25, 0.3) is 0 Å². The Balaban J connectivity index is 0. The number of benzene rings is 2. The van der Waals surface area contributed by atoms with Crippen LogP contribution in [0.4, 0.5) is 0 Å². The summed E-state index contributed by atoms with van der Waals surface area (Å²) in [6, 6.07) is 15.6. The average Bonchev–Trinajstić information content (AvgIpc) is 2.63. The molecule has 0 aromatic heterocycles. The van der Waals surface area contributed by atoms with Crippen molar-refractivity contribution in [1.29, 1.82) is 0 Å². The lowest BCUT2D eigenvalue weighted by molar-refractivity contribution is 0.107. The Labute approximate surface area is 181 Å². The maximum atomic E-state index is 10.6. The molecule has 27 heavy (non-hydrogen) atoms. The smallest absolute Gasteiger partial charge is 0.252 e. The van der Waals surface area contributed by atoms with Gasteiger partial charge in [-0.1, -0.05) is 42.5 Å². The minimum absolute atomic E-state index is 0. The van der Waals surface area contributed by atoms with Crippen LogP contribution in [-0.4, -0.2) is 16.0 Å². The molecule has 0 amide bonds. The molecular formula is C19H24Cl4N2O2. The molecule has 0 radical (unpaired) electrons. The van der Waals surface area contributed by atoms with Crippen LogP contribution in [-0.2, 0) is 5.88 Å². The molecule has 2 rings (SSSR count). The van der Waals surface area contributed by atoms with Crippen LogP contribution in [0.3, 0.4) is 0 Å². The number of nitrogens with one attached hydrogen (secondary N) is 1. The number of nitrogens with two attached hydrogens (primary N) is 1. The van der Waals surface area contributed by atoms with Crippen molar-refractivity contribution in [2.45, 2.75) is 32.2 Å². The van der Waals surface area contributed by atoms with Gasteiger partial charge in [0.15, 0.2) is 0 Å². The van der Waals surface area contributed by atoms with Crippen molar-refractivity contribution < 1.29 is 9.59 Å². The Morgan fingerprint density at radius 3 is 1.52 bits per heavy atom. The van der Waals surface area contributed by atoms with Crippen molar-refractivity contribution in [3.05, 3.63) is 71.3 Å². The molecule has 2 aromatic rings. The Hall–Kier alpha value is -1.14. The molecule has 0 bridgehead atoms. The normalized spacial score (nSPS) is 9.59. The highest BCUT2D eigenvalue weighted by atomic mass is 35.5. The number of halogens is 4. The topological polar surface area (TPSA) is 72.2 Å². The van der Waals surface area contributed by atoms with Crippen molar-refractivity contribution in [1.82, 2.24) is 5.43 Å². The molecule has 8 heteroatoms. The number of hydrogen-bond acceptors (Lipinski definition) is 4. The zero-order valence-electron chi connectivity index (χ0n) is 15.3. The minimum atomic E-state index is -0.439. The van der Waals surface area contributed by atoms with E-state index in [0.717, 1.165) is 5.56 Å². The van der Waals surface area contributed by atoms with Gasteiger partial charge in [0.25, 0.3) is 10.5 Å². The summed E-state index contributed by atoms with van der Waals surface area (Å²) in [5, 5.41) is -0.846. The van der Waals surface area contributed by atoms with Gasteiger partial charge in [-0.2, -0.15) is 0 Å². The van der Waals surface area contributed by atoms with E-state index < -0.39 is 10.5 Å². The summed E-state index contributed by atoms with van der Waals surface area (Å²) in [5.41, 5.74) is 4.69. The fraction of sp³-hybridized carbons (Fsp3) is 0.263. The van der Waals surface area contributed by atoms with Gasteiger partial charge in [0, 0.05) is 22.5 Å². The number of rotatable bonds is 3. The van der Waals surface area contributed by atoms with E-state index in [0.29, 0.717) is 17.0 Å². The van der Waals surface area contributed by atoms with Gasteiger partial charge in [-0.15, -0.1) is 24.0 Å². The van der Waals surface area contributed by atoms with Crippen LogP contribution in [0.15, 0.2) is 54.6 Å². The first kappa shape index (κ1) is 28.1. The number of hydrazine groups is 1. The highest BCUT2D eigenvalue weighted by molar-refractivity contribution is 6.68. The maximum absolute atomic E-state index is 10.6. The molecule has 0 saturated carbocycles. The summed E-state index contributed by atoms with van der Waals surface area (Å²) in [5.74, 6) is 5.51. The van der Waals surface area contributed by atoms with Crippen LogP contribution in [0.1, 0.15) is 47.1 Å². The fourth-order valence-electron chi connectivity index (χ4n) is 1.29. The molecule has 0 aliphatic carbocycles. The Kier molecular flexibility index (Phi) is 15.5. The monoisotopic (exact) mass is 452 g/mol. The molecular weight excluding hydrogens is 430 g/mol. The molecule has 0 saturated heterocycles. The van der Waals surface area contributed by atoms with Crippen LogP contribution < -0.4 is 11.3 Å². The Morgan fingerprint density at radius 1 is 0.889 bits per heavy atom. The number of hydrogen-bond donors (Lipinski definition) is 2. The molecule has 2 aromatic carbocycles. The SMILES string of the molecule is CC(C)(C)NN.Cl.O=C(Cl)c1ccc(CCl)cc1.O=C(Cl)c1ccccc1. The summed E-state index contributed by atoms with van der Waals surface area (Å²) in [6.07, 6.45) is 0. The molecule has 3 N–H and O–H groups in total. The second-order valence-corrected chi connectivity index (χ2v) is 7.09. The lowest BCUT2D eigenvalue weighted by atomic mass is 10.1. The molecule has 150 valence electrons. The first-order valence-electron chi connectivity index (χ1n) is 7.68. The molecule has 0 fully saturated rings. The number of carbonyl (C=O) groups excluding carboxylic acids is 2. The molecule has 0 unspecified atom stereocenters. The third kappa shape index (κ3) is 14.6. The fourth-order valence-corrected chi connectivity index (χ4v) is 1.72.